The third-order valence-electron chi connectivity index (χ3n) is 6.29. The van der Waals surface area contributed by atoms with Crippen LogP contribution in [0.3, 0.4) is 0 Å². The number of nitrogens with zero attached hydrogens (tertiary/aromatic N) is 1. The molecule has 0 aliphatic carbocycles. The fourth-order valence-electron chi connectivity index (χ4n) is 4.36. The number of carbonyl (C=O) groups excluding carboxylic acids is 2. The maximum absolute atomic E-state index is 13.3. The fraction of sp³-hybridized carbons (Fsp3) is 0.188. The van der Waals surface area contributed by atoms with Crippen molar-refractivity contribution in [1.29, 1.82) is 0 Å². The van der Waals surface area contributed by atoms with Crippen LogP contribution in [0.5, 0.6) is 0 Å². The molecule has 0 fully saturated rings. The maximum atomic E-state index is 13.3. The Kier molecular flexibility index (Phi) is 11.2. The van der Waals surface area contributed by atoms with Gasteiger partial charge in [0, 0.05) is 19.5 Å². The van der Waals surface area contributed by atoms with Gasteiger partial charge < -0.3 is 14.8 Å². The number of aryl methyl sites for hydroxylation is 2. The SMILES string of the molecule is O=C([O-])c1cccc(-c2cccc(CN(CCCc3ccccc3)C(=O)CCc3ccccc3)c2)c1.[Na+]. The Labute approximate surface area is 241 Å². The monoisotopic (exact) mass is 499 g/mol. The fourth-order valence-corrected chi connectivity index (χ4v) is 4.36. The molecule has 0 atom stereocenters. The minimum absolute atomic E-state index is 0. The molecule has 182 valence electrons. The van der Waals surface area contributed by atoms with Crippen LogP contribution in [-0.4, -0.2) is 23.3 Å². The molecule has 37 heavy (non-hydrogen) atoms. The van der Waals surface area contributed by atoms with E-state index in [1.807, 2.05) is 71.6 Å². The van der Waals surface area contributed by atoms with Gasteiger partial charge in [-0.1, -0.05) is 97.1 Å². The van der Waals surface area contributed by atoms with E-state index in [1.54, 1.807) is 12.1 Å². The van der Waals surface area contributed by atoms with Gasteiger partial charge in [-0.3, -0.25) is 4.79 Å². The van der Waals surface area contributed by atoms with Crippen LogP contribution in [0.25, 0.3) is 11.1 Å². The van der Waals surface area contributed by atoms with Crippen LogP contribution >= 0.6 is 0 Å². The van der Waals surface area contributed by atoms with Gasteiger partial charge in [-0.25, -0.2) is 0 Å². The Morgan fingerprint density at radius 2 is 1.22 bits per heavy atom. The van der Waals surface area contributed by atoms with Crippen LogP contribution < -0.4 is 34.7 Å². The Morgan fingerprint density at radius 3 is 1.86 bits per heavy atom. The van der Waals surface area contributed by atoms with Crippen molar-refractivity contribution < 1.29 is 44.3 Å². The molecule has 1 amide bonds. The Morgan fingerprint density at radius 1 is 0.649 bits per heavy atom. The van der Waals surface area contributed by atoms with Crippen LogP contribution in [0, 0.1) is 0 Å². The first kappa shape index (κ1) is 28.4. The van der Waals surface area contributed by atoms with E-state index >= 15 is 0 Å². The van der Waals surface area contributed by atoms with E-state index in [0.29, 0.717) is 25.9 Å². The summed E-state index contributed by atoms with van der Waals surface area (Å²) in [6.07, 6.45) is 2.97. The standard InChI is InChI=1S/C32H31NO3.Na/c34-31(20-19-26-12-5-2-6-13-26)33(21-9-15-25-10-3-1-4-11-25)24-27-14-7-16-28(22-27)29-17-8-18-30(23-29)32(35)36;/h1-8,10-14,16-18,22-23H,9,15,19-21,24H2,(H,35,36);/q;+1/p-1. The summed E-state index contributed by atoms with van der Waals surface area (Å²) in [6.45, 7) is 1.18. The largest absolute Gasteiger partial charge is 1.00 e. The first-order chi connectivity index (χ1) is 17.6. The molecule has 0 aromatic heterocycles. The molecule has 4 aromatic carbocycles. The van der Waals surface area contributed by atoms with Crippen LogP contribution in [0.4, 0.5) is 0 Å². The number of carboxylic acids is 1. The summed E-state index contributed by atoms with van der Waals surface area (Å²) in [5.74, 6) is -1.06. The summed E-state index contributed by atoms with van der Waals surface area (Å²) in [5.41, 5.74) is 5.31. The third-order valence-corrected chi connectivity index (χ3v) is 6.29. The van der Waals surface area contributed by atoms with Crippen molar-refractivity contribution in [3.05, 3.63) is 131 Å². The van der Waals surface area contributed by atoms with Gasteiger partial charge in [0.25, 0.3) is 0 Å². The van der Waals surface area contributed by atoms with Gasteiger partial charge in [-0.15, -0.1) is 0 Å². The van der Waals surface area contributed by atoms with Crippen LogP contribution in [0.15, 0.2) is 109 Å². The molecular weight excluding hydrogens is 469 g/mol. The van der Waals surface area contributed by atoms with E-state index in [4.69, 9.17) is 0 Å². The van der Waals surface area contributed by atoms with E-state index in [1.165, 1.54) is 11.6 Å². The van der Waals surface area contributed by atoms with E-state index in [9.17, 15) is 14.7 Å². The maximum Gasteiger partial charge on any atom is 1.00 e. The van der Waals surface area contributed by atoms with Crippen LogP contribution in [-0.2, 0) is 24.2 Å². The average molecular weight is 500 g/mol. The van der Waals surface area contributed by atoms with Crippen molar-refractivity contribution in [2.45, 2.75) is 32.2 Å². The number of hydrogen-bond donors (Lipinski definition) is 0. The summed E-state index contributed by atoms with van der Waals surface area (Å²) in [4.78, 5) is 26.5. The number of amides is 1. The van der Waals surface area contributed by atoms with Crippen molar-refractivity contribution in [2.24, 2.45) is 0 Å². The second-order valence-corrected chi connectivity index (χ2v) is 8.96. The Balaban J connectivity index is 0.00000380. The topological polar surface area (TPSA) is 60.4 Å². The zero-order valence-electron chi connectivity index (χ0n) is 21.3. The smallest absolute Gasteiger partial charge is 0.545 e. The van der Waals surface area contributed by atoms with Crippen molar-refractivity contribution in [3.8, 4) is 11.1 Å². The predicted molar refractivity (Wildman–Crippen MR) is 141 cm³/mol. The van der Waals surface area contributed by atoms with Crippen LogP contribution in [0.1, 0.15) is 39.9 Å². The molecule has 0 bridgehead atoms. The molecule has 0 unspecified atom stereocenters. The molecule has 5 heteroatoms. The first-order valence-corrected chi connectivity index (χ1v) is 12.3. The summed E-state index contributed by atoms with van der Waals surface area (Å²) in [7, 11) is 0. The van der Waals surface area contributed by atoms with Gasteiger partial charge in [-0.05, 0) is 64.8 Å². The minimum Gasteiger partial charge on any atom is -0.545 e. The van der Waals surface area contributed by atoms with Crippen LogP contribution in [0.2, 0.25) is 0 Å². The van der Waals surface area contributed by atoms with E-state index in [-0.39, 0.29) is 41.0 Å². The third kappa shape index (κ3) is 8.71. The van der Waals surface area contributed by atoms with Gasteiger partial charge in [0.05, 0.1) is 5.97 Å². The molecule has 0 spiro atoms. The molecule has 4 rings (SSSR count). The Bertz CT molecular complexity index is 1290. The number of carboxylic acid groups (broad SMARTS) is 1. The molecular formula is C32H30NNaO3. The first-order valence-electron chi connectivity index (χ1n) is 12.3. The second kappa shape index (κ2) is 14.5. The van der Waals surface area contributed by atoms with Gasteiger partial charge in [0.1, 0.15) is 0 Å². The molecule has 0 N–H and O–H groups in total. The summed E-state index contributed by atoms with van der Waals surface area (Å²) < 4.78 is 0. The molecule has 0 aliphatic heterocycles. The zero-order valence-corrected chi connectivity index (χ0v) is 23.3. The molecule has 0 heterocycles. The summed E-state index contributed by atoms with van der Waals surface area (Å²) in [6, 6.07) is 35.1. The van der Waals surface area contributed by atoms with Gasteiger partial charge in [-0.2, -0.15) is 0 Å². The average Bonchev–Trinajstić information content (AvgIpc) is 2.92. The number of rotatable bonds is 11. The predicted octanol–water partition coefficient (Wildman–Crippen LogP) is 2.32. The van der Waals surface area contributed by atoms with Crippen molar-refractivity contribution >= 4 is 11.9 Å². The number of aromatic carboxylic acids is 1. The number of benzene rings is 4. The van der Waals surface area contributed by atoms with E-state index < -0.39 is 5.97 Å². The van der Waals surface area contributed by atoms with Crippen molar-refractivity contribution in [3.63, 3.8) is 0 Å². The molecule has 0 saturated heterocycles. The molecule has 4 nitrogen and oxygen atoms in total. The molecule has 4 aromatic rings. The van der Waals surface area contributed by atoms with E-state index in [0.717, 1.165) is 35.1 Å². The summed E-state index contributed by atoms with van der Waals surface area (Å²) in [5, 5.41) is 11.3. The quantitative estimate of drug-likeness (QED) is 0.298. The van der Waals surface area contributed by atoms with E-state index in [2.05, 4.69) is 24.3 Å². The molecule has 0 radical (unpaired) electrons. The zero-order chi connectivity index (χ0) is 25.2. The van der Waals surface area contributed by atoms with Gasteiger partial charge >= 0.3 is 29.6 Å². The van der Waals surface area contributed by atoms with Crippen molar-refractivity contribution in [2.75, 3.05) is 6.54 Å². The summed E-state index contributed by atoms with van der Waals surface area (Å²) >= 11 is 0. The minimum atomic E-state index is -1.19. The second-order valence-electron chi connectivity index (χ2n) is 8.96. The number of carbonyl (C=O) groups is 2. The number of hydrogen-bond acceptors (Lipinski definition) is 3. The van der Waals surface area contributed by atoms with Gasteiger partial charge in [0.2, 0.25) is 5.91 Å². The van der Waals surface area contributed by atoms with Gasteiger partial charge in [0.15, 0.2) is 0 Å². The molecule has 0 saturated carbocycles. The van der Waals surface area contributed by atoms with Crippen molar-refractivity contribution in [1.82, 2.24) is 4.90 Å². The normalized spacial score (nSPS) is 10.4. The Hall–Kier alpha value is -3.18. The molecule has 0 aliphatic rings.